The Hall–Kier alpha value is -0.910. The van der Waals surface area contributed by atoms with Gasteiger partial charge in [-0.15, -0.1) is 0 Å². The molecule has 0 aliphatic heterocycles. The third-order valence-corrected chi connectivity index (χ3v) is 3.93. The molecular weight excluding hydrogens is 328 g/mol. The normalized spacial score (nSPS) is 12.6. The van der Waals surface area contributed by atoms with Crippen LogP contribution >= 0.6 is 27.5 Å². The number of rotatable bonds is 5. The van der Waals surface area contributed by atoms with Crippen molar-refractivity contribution >= 4 is 27.5 Å². The molecule has 0 radical (unpaired) electrons. The summed E-state index contributed by atoms with van der Waals surface area (Å²) < 4.78 is 2.84. The Kier molecular flexibility index (Phi) is 4.96. The van der Waals surface area contributed by atoms with Crippen LogP contribution in [0.2, 0.25) is 5.02 Å². The molecule has 0 fully saturated rings. The minimum absolute atomic E-state index is 0.154. The summed E-state index contributed by atoms with van der Waals surface area (Å²) in [6.07, 6.45) is 2.34. The van der Waals surface area contributed by atoms with Crippen LogP contribution in [-0.2, 0) is 13.5 Å². The summed E-state index contributed by atoms with van der Waals surface area (Å²) in [6.45, 7) is 2.96. The van der Waals surface area contributed by atoms with Crippen molar-refractivity contribution in [3.63, 3.8) is 0 Å². The lowest BCUT2D eigenvalue weighted by Gasteiger charge is -2.19. The lowest BCUT2D eigenvalue weighted by molar-refractivity contribution is 0.520. The van der Waals surface area contributed by atoms with Gasteiger partial charge in [0.05, 0.1) is 0 Å². The average Bonchev–Trinajstić information content (AvgIpc) is 2.78. The van der Waals surface area contributed by atoms with E-state index < -0.39 is 0 Å². The number of halogens is 2. The van der Waals surface area contributed by atoms with E-state index in [0.717, 1.165) is 33.8 Å². The molecule has 4 nitrogen and oxygen atoms in total. The van der Waals surface area contributed by atoms with Crippen LogP contribution in [0.1, 0.15) is 24.4 Å². The summed E-state index contributed by atoms with van der Waals surface area (Å²) in [5, 5.41) is 8.30. The molecule has 19 heavy (non-hydrogen) atoms. The van der Waals surface area contributed by atoms with Gasteiger partial charge in [-0.1, -0.05) is 34.5 Å². The standard InChI is InChI=1S/C13H16BrClN4/c1-3-16-12(7-13-17-8-18-19(13)2)10-6-9(15)4-5-11(10)14/h4-6,8,12,16H,3,7H2,1-2H3. The smallest absolute Gasteiger partial charge is 0.138 e. The first kappa shape index (κ1) is 14.5. The van der Waals surface area contributed by atoms with Crippen LogP contribution in [0.15, 0.2) is 29.0 Å². The minimum Gasteiger partial charge on any atom is -0.310 e. The maximum absolute atomic E-state index is 6.09. The maximum atomic E-state index is 6.09. The summed E-state index contributed by atoms with van der Waals surface area (Å²) >= 11 is 9.67. The molecule has 0 aliphatic carbocycles. The minimum atomic E-state index is 0.154. The Balaban J connectivity index is 2.29. The lowest BCUT2D eigenvalue weighted by atomic mass is 10.0. The predicted octanol–water partition coefficient (Wildman–Crippen LogP) is 3.12. The molecule has 0 amide bonds. The van der Waals surface area contributed by atoms with Crippen LogP contribution < -0.4 is 5.32 Å². The van der Waals surface area contributed by atoms with E-state index in [-0.39, 0.29) is 6.04 Å². The molecule has 1 heterocycles. The van der Waals surface area contributed by atoms with Crippen molar-refractivity contribution in [3.8, 4) is 0 Å². The summed E-state index contributed by atoms with van der Waals surface area (Å²) in [4.78, 5) is 4.28. The Bertz CT molecular complexity index is 555. The van der Waals surface area contributed by atoms with Gasteiger partial charge in [-0.05, 0) is 30.3 Å². The zero-order chi connectivity index (χ0) is 13.8. The zero-order valence-electron chi connectivity index (χ0n) is 10.9. The van der Waals surface area contributed by atoms with E-state index in [0.29, 0.717) is 0 Å². The Morgan fingerprint density at radius 1 is 1.47 bits per heavy atom. The highest BCUT2D eigenvalue weighted by Gasteiger charge is 2.17. The summed E-state index contributed by atoms with van der Waals surface area (Å²) in [7, 11) is 1.90. The second kappa shape index (κ2) is 6.50. The number of hydrogen-bond acceptors (Lipinski definition) is 3. The highest BCUT2D eigenvalue weighted by Crippen LogP contribution is 2.28. The van der Waals surface area contributed by atoms with Gasteiger partial charge in [0, 0.05) is 29.0 Å². The molecular formula is C13H16BrClN4. The lowest BCUT2D eigenvalue weighted by Crippen LogP contribution is -2.24. The van der Waals surface area contributed by atoms with Crippen LogP contribution in [-0.4, -0.2) is 21.3 Å². The number of nitrogens with zero attached hydrogens (tertiary/aromatic N) is 3. The van der Waals surface area contributed by atoms with Crippen molar-refractivity contribution in [1.82, 2.24) is 20.1 Å². The molecule has 1 atom stereocenters. The fourth-order valence-electron chi connectivity index (χ4n) is 2.01. The molecule has 1 aromatic carbocycles. The molecule has 1 aromatic heterocycles. The summed E-state index contributed by atoms with van der Waals surface area (Å²) in [6, 6.07) is 5.98. The van der Waals surface area contributed by atoms with E-state index in [2.05, 4.69) is 38.3 Å². The third-order valence-electron chi connectivity index (χ3n) is 2.98. The molecule has 1 N–H and O–H groups in total. The molecule has 0 saturated carbocycles. The van der Waals surface area contributed by atoms with Gasteiger partial charge in [0.15, 0.2) is 0 Å². The first-order valence-corrected chi connectivity index (χ1v) is 7.30. The van der Waals surface area contributed by atoms with E-state index >= 15 is 0 Å². The number of benzene rings is 1. The van der Waals surface area contributed by atoms with Crippen LogP contribution in [0.3, 0.4) is 0 Å². The van der Waals surface area contributed by atoms with Gasteiger partial charge < -0.3 is 5.32 Å². The Labute approximate surface area is 126 Å². The van der Waals surface area contributed by atoms with E-state index in [9.17, 15) is 0 Å². The molecule has 6 heteroatoms. The van der Waals surface area contributed by atoms with Crippen molar-refractivity contribution in [2.75, 3.05) is 6.54 Å². The van der Waals surface area contributed by atoms with Crippen LogP contribution in [0.5, 0.6) is 0 Å². The molecule has 102 valence electrons. The quantitative estimate of drug-likeness (QED) is 0.907. The van der Waals surface area contributed by atoms with Gasteiger partial charge in [-0.2, -0.15) is 5.10 Å². The molecule has 0 aliphatic rings. The fraction of sp³-hybridized carbons (Fsp3) is 0.385. The maximum Gasteiger partial charge on any atom is 0.138 e. The molecule has 0 spiro atoms. The number of nitrogens with one attached hydrogen (secondary N) is 1. The van der Waals surface area contributed by atoms with Crippen LogP contribution in [0, 0.1) is 0 Å². The van der Waals surface area contributed by atoms with Crippen molar-refractivity contribution in [3.05, 3.63) is 45.4 Å². The summed E-state index contributed by atoms with van der Waals surface area (Å²) in [5.74, 6) is 0.942. The number of hydrogen-bond donors (Lipinski definition) is 1. The van der Waals surface area contributed by atoms with Gasteiger partial charge in [0.2, 0.25) is 0 Å². The van der Waals surface area contributed by atoms with E-state index in [1.165, 1.54) is 0 Å². The van der Waals surface area contributed by atoms with Crippen LogP contribution in [0.25, 0.3) is 0 Å². The summed E-state index contributed by atoms with van der Waals surface area (Å²) in [5.41, 5.74) is 1.14. The Morgan fingerprint density at radius 2 is 2.26 bits per heavy atom. The predicted molar refractivity (Wildman–Crippen MR) is 80.3 cm³/mol. The first-order valence-electron chi connectivity index (χ1n) is 6.13. The van der Waals surface area contributed by atoms with E-state index in [1.54, 1.807) is 11.0 Å². The van der Waals surface area contributed by atoms with Crippen molar-refractivity contribution < 1.29 is 0 Å². The van der Waals surface area contributed by atoms with Crippen molar-refractivity contribution in [2.45, 2.75) is 19.4 Å². The number of aryl methyl sites for hydroxylation is 1. The SMILES string of the molecule is CCNC(Cc1ncnn1C)c1cc(Cl)ccc1Br. The Morgan fingerprint density at radius 3 is 2.89 bits per heavy atom. The van der Waals surface area contributed by atoms with Crippen molar-refractivity contribution in [2.24, 2.45) is 7.05 Å². The molecule has 0 saturated heterocycles. The third kappa shape index (κ3) is 3.55. The zero-order valence-corrected chi connectivity index (χ0v) is 13.2. The monoisotopic (exact) mass is 342 g/mol. The molecule has 2 rings (SSSR count). The highest BCUT2D eigenvalue weighted by atomic mass is 79.9. The molecule has 1 unspecified atom stereocenters. The number of likely N-dealkylation sites (N-methyl/N-ethyl adjacent to an activating group) is 1. The second-order valence-corrected chi connectivity index (χ2v) is 5.57. The largest absolute Gasteiger partial charge is 0.310 e. The van der Waals surface area contributed by atoms with Gasteiger partial charge in [-0.25, -0.2) is 4.98 Å². The van der Waals surface area contributed by atoms with Gasteiger partial charge in [-0.3, -0.25) is 4.68 Å². The average molecular weight is 344 g/mol. The van der Waals surface area contributed by atoms with Crippen molar-refractivity contribution in [1.29, 1.82) is 0 Å². The molecule has 0 bridgehead atoms. The molecule has 2 aromatic rings. The first-order chi connectivity index (χ1) is 9.11. The topological polar surface area (TPSA) is 42.7 Å². The van der Waals surface area contributed by atoms with Gasteiger partial charge in [0.1, 0.15) is 12.2 Å². The van der Waals surface area contributed by atoms with Crippen LogP contribution in [0.4, 0.5) is 0 Å². The van der Waals surface area contributed by atoms with Gasteiger partial charge in [0.25, 0.3) is 0 Å². The second-order valence-electron chi connectivity index (χ2n) is 4.28. The van der Waals surface area contributed by atoms with Gasteiger partial charge >= 0.3 is 0 Å². The fourth-order valence-corrected chi connectivity index (χ4v) is 2.71. The van der Waals surface area contributed by atoms with E-state index in [1.807, 2.05) is 25.2 Å². The number of aromatic nitrogens is 3. The highest BCUT2D eigenvalue weighted by molar-refractivity contribution is 9.10. The van der Waals surface area contributed by atoms with E-state index in [4.69, 9.17) is 11.6 Å².